The average Bonchev–Trinajstić information content (AvgIpc) is 3.16. The molecular weight excluding hydrogens is 302 g/mol. The fourth-order valence-corrected chi connectivity index (χ4v) is 3.79. The van der Waals surface area contributed by atoms with Crippen LogP contribution in [0.2, 0.25) is 0 Å². The molecule has 1 amide bonds. The predicted molar refractivity (Wildman–Crippen MR) is 91.3 cm³/mol. The Morgan fingerprint density at radius 1 is 1.42 bits per heavy atom. The van der Waals surface area contributed by atoms with Gasteiger partial charge in [-0.15, -0.1) is 0 Å². The van der Waals surface area contributed by atoms with Crippen LogP contribution in [0, 0.1) is 11.3 Å². The van der Waals surface area contributed by atoms with Crippen molar-refractivity contribution in [3.63, 3.8) is 0 Å². The summed E-state index contributed by atoms with van der Waals surface area (Å²) in [5.74, 6) is 0.0245. The van der Waals surface area contributed by atoms with Crippen LogP contribution in [-0.2, 0) is 9.53 Å². The Labute approximate surface area is 143 Å². The van der Waals surface area contributed by atoms with E-state index >= 15 is 0 Å². The Bertz CT molecular complexity index is 619. The summed E-state index contributed by atoms with van der Waals surface area (Å²) in [6, 6.07) is 9.72. The molecule has 1 saturated heterocycles. The fourth-order valence-electron chi connectivity index (χ4n) is 3.79. The number of nitriles is 1. The molecule has 5 heteroatoms. The maximum Gasteiger partial charge on any atom is 0.240 e. The first-order valence-electron chi connectivity index (χ1n) is 8.83. The summed E-state index contributed by atoms with van der Waals surface area (Å²) in [4.78, 5) is 15.1. The van der Waals surface area contributed by atoms with Gasteiger partial charge in [0.2, 0.25) is 5.91 Å². The first-order valence-corrected chi connectivity index (χ1v) is 8.83. The Hall–Kier alpha value is -1.90. The summed E-state index contributed by atoms with van der Waals surface area (Å²) in [6.45, 7) is 3.96. The normalized spacial score (nSPS) is 23.6. The number of morpholine rings is 1. The van der Waals surface area contributed by atoms with E-state index in [0.717, 1.165) is 12.1 Å². The molecule has 5 nitrogen and oxygen atoms in total. The van der Waals surface area contributed by atoms with Crippen LogP contribution in [-0.4, -0.2) is 42.6 Å². The lowest BCUT2D eigenvalue weighted by atomic mass is 10.0. The van der Waals surface area contributed by atoms with Crippen LogP contribution >= 0.6 is 0 Å². The highest BCUT2D eigenvalue weighted by molar-refractivity contribution is 5.82. The number of amides is 1. The minimum absolute atomic E-state index is 0.0245. The highest BCUT2D eigenvalue weighted by Gasteiger charge is 2.35. The van der Waals surface area contributed by atoms with Crippen molar-refractivity contribution in [1.29, 1.82) is 5.26 Å². The second kappa shape index (κ2) is 7.78. The van der Waals surface area contributed by atoms with Gasteiger partial charge in [-0.1, -0.05) is 25.0 Å². The van der Waals surface area contributed by atoms with E-state index < -0.39 is 0 Å². The summed E-state index contributed by atoms with van der Waals surface area (Å²) in [5.41, 5.74) is 1.56. The molecule has 0 bridgehead atoms. The number of carbonyl (C=O) groups excluding carboxylic acids is 1. The topological polar surface area (TPSA) is 65.4 Å². The van der Waals surface area contributed by atoms with Crippen molar-refractivity contribution in [2.75, 3.05) is 19.8 Å². The van der Waals surface area contributed by atoms with Gasteiger partial charge in [-0.05, 0) is 37.5 Å². The predicted octanol–water partition coefficient (Wildman–Crippen LogP) is 2.38. The third kappa shape index (κ3) is 3.77. The standard InChI is InChI=1S/C19H25N3O2/c1-14(16-6-4-5-15(11-16)12-20)21-19(23)18-13-24-10-9-22(18)17-7-2-3-8-17/h4-6,11,14,17-18H,2-3,7-10,13H2,1H3,(H,21,23). The molecule has 1 N–H and O–H groups in total. The molecular formula is C19H25N3O2. The lowest BCUT2D eigenvalue weighted by Gasteiger charge is -2.39. The maximum atomic E-state index is 12.8. The lowest BCUT2D eigenvalue weighted by molar-refractivity contribution is -0.135. The number of hydrogen-bond donors (Lipinski definition) is 1. The van der Waals surface area contributed by atoms with Gasteiger partial charge < -0.3 is 10.1 Å². The van der Waals surface area contributed by atoms with Gasteiger partial charge in [-0.25, -0.2) is 0 Å². The number of carbonyl (C=O) groups is 1. The van der Waals surface area contributed by atoms with Crippen molar-refractivity contribution in [2.24, 2.45) is 0 Å². The van der Waals surface area contributed by atoms with Gasteiger partial charge >= 0.3 is 0 Å². The van der Waals surface area contributed by atoms with Crippen LogP contribution in [0.15, 0.2) is 24.3 Å². The number of nitrogens with zero attached hydrogens (tertiary/aromatic N) is 2. The molecule has 1 aliphatic carbocycles. The third-order valence-corrected chi connectivity index (χ3v) is 5.14. The molecule has 2 unspecified atom stereocenters. The third-order valence-electron chi connectivity index (χ3n) is 5.14. The molecule has 128 valence electrons. The van der Waals surface area contributed by atoms with E-state index in [2.05, 4.69) is 16.3 Å². The van der Waals surface area contributed by atoms with Gasteiger partial charge in [-0.3, -0.25) is 9.69 Å². The minimum atomic E-state index is -0.205. The van der Waals surface area contributed by atoms with Gasteiger partial charge in [-0.2, -0.15) is 5.26 Å². The van der Waals surface area contributed by atoms with Crippen LogP contribution < -0.4 is 5.32 Å². The molecule has 2 fully saturated rings. The van der Waals surface area contributed by atoms with Gasteiger partial charge in [0.05, 0.1) is 30.9 Å². The summed E-state index contributed by atoms with van der Waals surface area (Å²) in [7, 11) is 0. The van der Waals surface area contributed by atoms with Gasteiger partial charge in [0.1, 0.15) is 6.04 Å². The molecule has 1 saturated carbocycles. The van der Waals surface area contributed by atoms with Crippen LogP contribution in [0.5, 0.6) is 0 Å². The summed E-state index contributed by atoms with van der Waals surface area (Å²) < 4.78 is 5.57. The monoisotopic (exact) mass is 327 g/mol. The van der Waals surface area contributed by atoms with Crippen molar-refractivity contribution in [3.05, 3.63) is 35.4 Å². The van der Waals surface area contributed by atoms with Gasteiger partial charge in [0.25, 0.3) is 0 Å². The highest BCUT2D eigenvalue weighted by Crippen LogP contribution is 2.27. The quantitative estimate of drug-likeness (QED) is 0.922. The van der Waals surface area contributed by atoms with Crippen LogP contribution in [0.3, 0.4) is 0 Å². The Morgan fingerprint density at radius 3 is 2.96 bits per heavy atom. The maximum absolute atomic E-state index is 12.8. The molecule has 0 spiro atoms. The van der Waals surface area contributed by atoms with E-state index in [1.807, 2.05) is 25.1 Å². The highest BCUT2D eigenvalue weighted by atomic mass is 16.5. The van der Waals surface area contributed by atoms with E-state index in [0.29, 0.717) is 24.8 Å². The van der Waals surface area contributed by atoms with E-state index in [9.17, 15) is 4.79 Å². The Kier molecular flexibility index (Phi) is 5.49. The van der Waals surface area contributed by atoms with Gasteiger partial charge in [0, 0.05) is 12.6 Å². The Morgan fingerprint density at radius 2 is 2.21 bits per heavy atom. The Balaban J connectivity index is 1.66. The lowest BCUT2D eigenvalue weighted by Crippen LogP contribution is -2.56. The smallest absolute Gasteiger partial charge is 0.240 e. The molecule has 0 aromatic heterocycles. The molecule has 1 aromatic carbocycles. The fraction of sp³-hybridized carbons (Fsp3) is 0.579. The minimum Gasteiger partial charge on any atom is -0.378 e. The molecule has 2 aliphatic rings. The zero-order valence-corrected chi connectivity index (χ0v) is 14.2. The molecule has 24 heavy (non-hydrogen) atoms. The van der Waals surface area contributed by atoms with Crippen molar-refractivity contribution in [2.45, 2.75) is 50.7 Å². The number of ether oxygens (including phenoxy) is 1. The van der Waals surface area contributed by atoms with Crippen LogP contribution in [0.1, 0.15) is 49.8 Å². The number of nitrogens with one attached hydrogen (secondary N) is 1. The van der Waals surface area contributed by atoms with E-state index in [1.54, 1.807) is 6.07 Å². The summed E-state index contributed by atoms with van der Waals surface area (Å²) >= 11 is 0. The van der Waals surface area contributed by atoms with E-state index in [4.69, 9.17) is 10.00 Å². The molecule has 2 atom stereocenters. The number of rotatable bonds is 4. The molecule has 0 radical (unpaired) electrons. The molecule has 1 heterocycles. The first-order chi connectivity index (χ1) is 11.7. The second-order valence-electron chi connectivity index (χ2n) is 6.73. The SMILES string of the molecule is CC(NC(=O)C1COCCN1C1CCCC1)c1cccc(C#N)c1. The van der Waals surface area contributed by atoms with Crippen LogP contribution in [0.4, 0.5) is 0 Å². The van der Waals surface area contributed by atoms with Gasteiger partial charge in [0.15, 0.2) is 0 Å². The molecule has 1 aromatic rings. The van der Waals surface area contributed by atoms with Crippen molar-refractivity contribution in [1.82, 2.24) is 10.2 Å². The average molecular weight is 327 g/mol. The first kappa shape index (κ1) is 16.9. The zero-order chi connectivity index (χ0) is 16.9. The van der Waals surface area contributed by atoms with Crippen molar-refractivity contribution in [3.8, 4) is 6.07 Å². The largest absolute Gasteiger partial charge is 0.378 e. The number of hydrogen-bond acceptors (Lipinski definition) is 4. The second-order valence-corrected chi connectivity index (χ2v) is 6.73. The molecule has 1 aliphatic heterocycles. The van der Waals surface area contributed by atoms with Crippen molar-refractivity contribution < 1.29 is 9.53 Å². The zero-order valence-electron chi connectivity index (χ0n) is 14.2. The van der Waals surface area contributed by atoms with E-state index in [-0.39, 0.29) is 18.0 Å². The summed E-state index contributed by atoms with van der Waals surface area (Å²) in [5, 5.41) is 12.1. The number of benzene rings is 1. The van der Waals surface area contributed by atoms with E-state index in [1.165, 1.54) is 25.7 Å². The molecule has 3 rings (SSSR count). The summed E-state index contributed by atoms with van der Waals surface area (Å²) in [6.07, 6.45) is 4.88. The van der Waals surface area contributed by atoms with Crippen LogP contribution in [0.25, 0.3) is 0 Å². The van der Waals surface area contributed by atoms with Crippen molar-refractivity contribution >= 4 is 5.91 Å².